The minimum atomic E-state index is -5.17. The molecule has 2 aliphatic heterocycles. The number of ketones is 1. The van der Waals surface area contributed by atoms with Crippen LogP contribution in [0.3, 0.4) is 0 Å². The Kier molecular flexibility index (Phi) is 9.27. The first-order chi connectivity index (χ1) is 21.3. The SMILES string of the molecule is C[n+]1cc(-c2ccc3c(c2)CCC(CO/N=C(\C(=O)CC2C(=O)N(OS(=O)(=O)[O-])C2(C)C)c2csc(N)n2)O3)cn1CCCN. The molecule has 1 aromatic carbocycles. The predicted molar refractivity (Wildman–Crippen MR) is 161 cm³/mol. The number of hydrogen-bond acceptors (Lipinski definition) is 13. The molecule has 1 fully saturated rings. The highest BCUT2D eigenvalue weighted by atomic mass is 32.3. The van der Waals surface area contributed by atoms with E-state index in [-0.39, 0.29) is 35.7 Å². The molecule has 1 amide bonds. The monoisotopic (exact) mass is 661 g/mol. The number of thiazole rings is 1. The number of carbonyl (C=O) groups excluding carboxylic acids is 2. The summed E-state index contributed by atoms with van der Waals surface area (Å²) >= 11 is 1.10. The lowest BCUT2D eigenvalue weighted by atomic mass is 9.74. The molecule has 5 rings (SSSR count). The lowest BCUT2D eigenvalue weighted by Crippen LogP contribution is -2.68. The summed E-state index contributed by atoms with van der Waals surface area (Å²) in [5.74, 6) is -1.62. The molecule has 1 saturated heterocycles. The summed E-state index contributed by atoms with van der Waals surface area (Å²) in [5.41, 5.74) is 13.5. The lowest BCUT2D eigenvalue weighted by molar-refractivity contribution is -0.753. The van der Waals surface area contributed by atoms with Gasteiger partial charge in [-0.25, -0.2) is 13.4 Å². The Labute approximate surface area is 264 Å². The molecule has 2 aromatic heterocycles. The number of amides is 1. The summed E-state index contributed by atoms with van der Waals surface area (Å²) in [6.45, 7) is 4.48. The van der Waals surface area contributed by atoms with Crippen molar-refractivity contribution >= 4 is 44.3 Å². The number of rotatable bonds is 13. The number of benzene rings is 1. The molecular formula is C28H35N7O8S2. The zero-order valence-electron chi connectivity index (χ0n) is 25.0. The summed E-state index contributed by atoms with van der Waals surface area (Å²) in [5, 5.41) is 6.28. The standard InChI is InChI=1S/C28H35N7O8S2/c1-28(2)21(26(37)35(28)43-45(38,39)40)12-23(36)25(22-16-44-27(30)31-22)32-41-15-20-7-5-18-11-17(6-8-24(18)42-20)19-13-33(3)34(14-19)10-4-9-29/h6,8,11,13-14,16,20-21H,4-5,7,9-10,12,15,29H2,1-3H3,(H2-,30,31,38,39,40)/b32-25-. The maximum Gasteiger partial charge on any atom is 0.253 e. The smallest absolute Gasteiger partial charge is 0.253 e. The Morgan fingerprint density at radius 1 is 1.33 bits per heavy atom. The van der Waals surface area contributed by atoms with Crippen molar-refractivity contribution < 1.29 is 41.1 Å². The number of Topliss-reactive ketones (excluding diaryl/α,β-unsaturated/α-hetero) is 1. The van der Waals surface area contributed by atoms with Crippen molar-refractivity contribution in [2.45, 2.75) is 57.7 Å². The fraction of sp³-hybridized carbons (Fsp3) is 0.464. The van der Waals surface area contributed by atoms with E-state index in [1.165, 1.54) is 13.8 Å². The number of β-lactam (4-membered cyclic amide) rings is 1. The first-order valence-corrected chi connectivity index (χ1v) is 16.5. The number of nitrogens with zero attached hydrogens (tertiary/aromatic N) is 5. The zero-order chi connectivity index (χ0) is 32.5. The third-order valence-corrected chi connectivity index (χ3v) is 8.91. The number of nitrogens with two attached hydrogens (primary N) is 2. The van der Waals surface area contributed by atoms with Crippen LogP contribution in [-0.4, -0.2) is 69.9 Å². The predicted octanol–water partition coefficient (Wildman–Crippen LogP) is 1.07. The largest absolute Gasteiger partial charge is 0.724 e. The van der Waals surface area contributed by atoms with Gasteiger partial charge < -0.3 is 25.6 Å². The number of hydroxylamine groups is 2. The molecule has 2 atom stereocenters. The summed E-state index contributed by atoms with van der Waals surface area (Å²) in [6, 6.07) is 6.07. The van der Waals surface area contributed by atoms with E-state index in [0.717, 1.165) is 53.2 Å². The zero-order valence-corrected chi connectivity index (χ0v) is 26.7. The van der Waals surface area contributed by atoms with Gasteiger partial charge in [0.1, 0.15) is 17.5 Å². The Bertz CT molecular complexity index is 1730. The van der Waals surface area contributed by atoms with Gasteiger partial charge in [0.2, 0.25) is 16.6 Å². The highest BCUT2D eigenvalue weighted by Gasteiger charge is 2.57. The molecule has 17 heteroatoms. The molecule has 4 N–H and O–H groups in total. The van der Waals surface area contributed by atoms with Crippen molar-refractivity contribution in [2.24, 2.45) is 23.9 Å². The number of anilines is 1. The number of aromatic nitrogens is 3. The van der Waals surface area contributed by atoms with Gasteiger partial charge in [0.25, 0.3) is 5.91 Å². The Hall–Kier alpha value is -3.90. The normalized spacial score (nSPS) is 19.5. The maximum atomic E-state index is 13.3. The van der Waals surface area contributed by atoms with Gasteiger partial charge in [-0.1, -0.05) is 11.2 Å². The van der Waals surface area contributed by atoms with Crippen LogP contribution in [0.1, 0.15) is 44.4 Å². The molecule has 2 aliphatic rings. The van der Waals surface area contributed by atoms with E-state index < -0.39 is 33.5 Å². The van der Waals surface area contributed by atoms with Gasteiger partial charge in [-0.2, -0.15) is 14.0 Å². The van der Waals surface area contributed by atoms with Gasteiger partial charge in [0, 0.05) is 11.8 Å². The molecule has 0 saturated carbocycles. The van der Waals surface area contributed by atoms with E-state index in [0.29, 0.717) is 18.0 Å². The Morgan fingerprint density at radius 3 is 2.78 bits per heavy atom. The lowest BCUT2D eigenvalue weighted by Gasteiger charge is -2.51. The van der Waals surface area contributed by atoms with Gasteiger partial charge in [0.05, 0.1) is 29.8 Å². The van der Waals surface area contributed by atoms with Crippen LogP contribution >= 0.6 is 11.3 Å². The van der Waals surface area contributed by atoms with Crippen LogP contribution in [0.25, 0.3) is 11.1 Å². The molecule has 0 spiro atoms. The summed E-state index contributed by atoms with van der Waals surface area (Å²) in [6.07, 6.45) is 5.81. The fourth-order valence-electron chi connectivity index (χ4n) is 5.39. The van der Waals surface area contributed by atoms with Crippen LogP contribution in [0.5, 0.6) is 5.75 Å². The summed E-state index contributed by atoms with van der Waals surface area (Å²) in [7, 11) is -3.17. The topological polar surface area (TPSA) is 208 Å². The highest BCUT2D eigenvalue weighted by Crippen LogP contribution is 2.41. The molecular weight excluding hydrogens is 626 g/mol. The second-order valence-corrected chi connectivity index (χ2v) is 13.3. The summed E-state index contributed by atoms with van der Waals surface area (Å²) < 4.78 is 47.6. The van der Waals surface area contributed by atoms with Crippen molar-refractivity contribution in [1.82, 2.24) is 14.7 Å². The van der Waals surface area contributed by atoms with Crippen LogP contribution in [0.2, 0.25) is 0 Å². The van der Waals surface area contributed by atoms with Gasteiger partial charge in [0.15, 0.2) is 30.3 Å². The second-order valence-electron chi connectivity index (χ2n) is 11.4. The maximum absolute atomic E-state index is 13.3. The molecule has 15 nitrogen and oxygen atoms in total. The molecule has 45 heavy (non-hydrogen) atoms. The number of ether oxygens (including phenoxy) is 1. The molecule has 0 aliphatic carbocycles. The second kappa shape index (κ2) is 12.8. The van der Waals surface area contributed by atoms with Crippen molar-refractivity contribution in [1.29, 1.82) is 0 Å². The number of oxime groups is 1. The van der Waals surface area contributed by atoms with E-state index >= 15 is 0 Å². The van der Waals surface area contributed by atoms with Crippen molar-refractivity contribution in [3.8, 4) is 16.9 Å². The molecule has 0 bridgehead atoms. The highest BCUT2D eigenvalue weighted by molar-refractivity contribution is 7.80. The molecule has 3 aromatic rings. The minimum absolute atomic E-state index is 0.0498. The quantitative estimate of drug-likeness (QED) is 0.0661. The van der Waals surface area contributed by atoms with Crippen LogP contribution in [0.4, 0.5) is 5.13 Å². The number of carbonyl (C=O) groups is 2. The van der Waals surface area contributed by atoms with E-state index in [2.05, 4.69) is 37.6 Å². The van der Waals surface area contributed by atoms with Crippen LogP contribution in [0, 0.1) is 5.92 Å². The third-order valence-electron chi connectivity index (χ3n) is 7.91. The van der Waals surface area contributed by atoms with Crippen molar-refractivity contribution in [2.75, 3.05) is 18.9 Å². The average molecular weight is 662 g/mol. The Morgan fingerprint density at radius 2 is 2.11 bits per heavy atom. The first-order valence-electron chi connectivity index (χ1n) is 14.3. The van der Waals surface area contributed by atoms with Crippen molar-refractivity contribution in [3.05, 3.63) is 47.2 Å². The van der Waals surface area contributed by atoms with Gasteiger partial charge in [-0.05, 0) is 62.9 Å². The van der Waals surface area contributed by atoms with Crippen LogP contribution < -0.4 is 20.9 Å². The van der Waals surface area contributed by atoms with Crippen molar-refractivity contribution in [3.63, 3.8) is 0 Å². The average Bonchev–Trinajstić information content (AvgIpc) is 3.59. The van der Waals surface area contributed by atoms with E-state index in [9.17, 15) is 22.6 Å². The van der Waals surface area contributed by atoms with Gasteiger partial charge in [-0.3, -0.25) is 9.59 Å². The fourth-order valence-corrected chi connectivity index (χ4v) is 6.39. The van der Waals surface area contributed by atoms with E-state index in [1.54, 1.807) is 5.38 Å². The number of hydrogen-bond donors (Lipinski definition) is 2. The molecule has 2 unspecified atom stereocenters. The van der Waals surface area contributed by atoms with E-state index in [1.807, 2.05) is 23.9 Å². The van der Waals surface area contributed by atoms with Crippen LogP contribution in [0.15, 0.2) is 41.1 Å². The van der Waals surface area contributed by atoms with Crippen LogP contribution in [-0.2, 0) is 49.1 Å². The third kappa shape index (κ3) is 7.17. The number of aryl methyl sites for hydroxylation is 3. The molecule has 0 radical (unpaired) electrons. The number of fused-ring (bicyclic) bond motifs is 1. The van der Waals surface area contributed by atoms with Gasteiger partial charge in [-0.15, -0.1) is 16.0 Å². The number of nitrogen functional groups attached to an aromatic ring is 1. The molecule has 4 heterocycles. The summed E-state index contributed by atoms with van der Waals surface area (Å²) in [4.78, 5) is 35.6. The van der Waals surface area contributed by atoms with Gasteiger partial charge >= 0.3 is 0 Å². The first kappa shape index (κ1) is 32.5. The molecule has 242 valence electrons. The van der Waals surface area contributed by atoms with E-state index in [4.69, 9.17) is 21.0 Å². The Balaban J connectivity index is 1.23. The minimum Gasteiger partial charge on any atom is -0.724 e.